The Morgan fingerprint density at radius 1 is 1.21 bits per heavy atom. The predicted molar refractivity (Wildman–Crippen MR) is 132 cm³/mol. The van der Waals surface area contributed by atoms with Gasteiger partial charge in [-0.2, -0.15) is 0 Å². The minimum atomic E-state index is -3.34. The number of phenolic OH excluding ortho intramolecular Hbond substituents is 1. The summed E-state index contributed by atoms with van der Waals surface area (Å²) in [7, 11) is -2.87. The SMILES string of the molecule is CCC/C(=C\c1ccc(O)c2ccccc12)CC[C@H]1OB(O)C[C@H]2C1=C(COC)CS2(=O)=O. The quantitative estimate of drug-likeness (QED) is 0.445. The summed E-state index contributed by atoms with van der Waals surface area (Å²) in [4.78, 5) is 0. The second-order valence-electron chi connectivity index (χ2n) is 8.91. The highest BCUT2D eigenvalue weighted by molar-refractivity contribution is 7.92. The molecular formula is C25H31BO6S. The molecule has 2 atom stereocenters. The van der Waals surface area contributed by atoms with Crippen LogP contribution < -0.4 is 0 Å². The Kier molecular flexibility index (Phi) is 7.29. The van der Waals surface area contributed by atoms with Crippen molar-refractivity contribution in [2.75, 3.05) is 19.5 Å². The van der Waals surface area contributed by atoms with Gasteiger partial charge >= 0.3 is 7.12 Å². The van der Waals surface area contributed by atoms with Gasteiger partial charge in [0.1, 0.15) is 5.75 Å². The van der Waals surface area contributed by atoms with Gasteiger partial charge in [0.2, 0.25) is 0 Å². The summed E-state index contributed by atoms with van der Waals surface area (Å²) in [6.45, 7) is 2.39. The molecule has 0 saturated carbocycles. The number of benzene rings is 2. The van der Waals surface area contributed by atoms with Crippen LogP contribution in [-0.4, -0.2) is 56.5 Å². The standard InChI is InChI=1S/C25H31BO6S/c1-3-6-17(13-18-10-11-22(27)21-8-5-4-7-20(18)21)9-12-23-25-19(15-31-2)16-33(29,30)24(25)14-26(28)32-23/h4-5,7-8,10-11,13,23-24,27-28H,3,6,9,12,14-16H2,1-2H3/b17-13+/t23-,24+/m1/s1. The van der Waals surface area contributed by atoms with Crippen molar-refractivity contribution < 1.29 is 27.9 Å². The largest absolute Gasteiger partial charge is 0.507 e. The van der Waals surface area contributed by atoms with E-state index in [1.807, 2.05) is 30.3 Å². The van der Waals surface area contributed by atoms with Crippen molar-refractivity contribution in [2.45, 2.75) is 50.3 Å². The summed E-state index contributed by atoms with van der Waals surface area (Å²) in [5.74, 6) is 0.236. The van der Waals surface area contributed by atoms with E-state index >= 15 is 0 Å². The van der Waals surface area contributed by atoms with Gasteiger partial charge in [-0.25, -0.2) is 8.42 Å². The Bertz CT molecular complexity index is 1190. The molecule has 0 bridgehead atoms. The van der Waals surface area contributed by atoms with Crippen LogP contribution in [0.4, 0.5) is 0 Å². The fraction of sp³-hybridized carbons (Fsp3) is 0.440. The van der Waals surface area contributed by atoms with Gasteiger partial charge in [0.15, 0.2) is 9.84 Å². The van der Waals surface area contributed by atoms with Crippen LogP contribution in [0.1, 0.15) is 38.2 Å². The number of allylic oxidation sites excluding steroid dienone is 1. The third-order valence-electron chi connectivity index (χ3n) is 6.56. The van der Waals surface area contributed by atoms with E-state index in [4.69, 9.17) is 9.39 Å². The molecule has 2 aromatic carbocycles. The molecule has 0 spiro atoms. The molecule has 0 amide bonds. The van der Waals surface area contributed by atoms with Crippen LogP contribution in [-0.2, 0) is 19.2 Å². The van der Waals surface area contributed by atoms with E-state index in [0.29, 0.717) is 6.42 Å². The van der Waals surface area contributed by atoms with E-state index in [0.717, 1.165) is 46.7 Å². The van der Waals surface area contributed by atoms with Crippen LogP contribution in [0, 0.1) is 0 Å². The number of methoxy groups -OCH3 is 1. The summed E-state index contributed by atoms with van der Waals surface area (Å²) in [5, 5.41) is 21.6. The number of phenols is 1. The number of ether oxygens (including phenoxy) is 1. The molecule has 0 unspecified atom stereocenters. The van der Waals surface area contributed by atoms with Crippen LogP contribution in [0.25, 0.3) is 16.8 Å². The first-order chi connectivity index (χ1) is 15.8. The second-order valence-corrected chi connectivity index (χ2v) is 11.1. The zero-order valence-electron chi connectivity index (χ0n) is 19.2. The summed E-state index contributed by atoms with van der Waals surface area (Å²) < 4.78 is 36.5. The van der Waals surface area contributed by atoms with E-state index in [9.17, 15) is 18.5 Å². The van der Waals surface area contributed by atoms with Crippen molar-refractivity contribution in [3.05, 3.63) is 58.7 Å². The molecule has 0 aliphatic carbocycles. The highest BCUT2D eigenvalue weighted by Crippen LogP contribution is 2.40. The van der Waals surface area contributed by atoms with Gasteiger partial charge < -0.3 is 19.5 Å². The zero-order valence-corrected chi connectivity index (χ0v) is 20.0. The first-order valence-corrected chi connectivity index (χ1v) is 13.2. The fourth-order valence-corrected chi connectivity index (χ4v) is 7.24. The number of fused-ring (bicyclic) bond motifs is 2. The van der Waals surface area contributed by atoms with Crippen molar-refractivity contribution in [1.29, 1.82) is 0 Å². The molecule has 2 heterocycles. The molecule has 0 radical (unpaired) electrons. The summed E-state index contributed by atoms with van der Waals surface area (Å²) >= 11 is 0. The topological polar surface area (TPSA) is 93.1 Å². The molecule has 33 heavy (non-hydrogen) atoms. The molecule has 4 rings (SSSR count). The molecule has 1 fully saturated rings. The predicted octanol–water partition coefficient (Wildman–Crippen LogP) is 4.13. The molecule has 176 valence electrons. The van der Waals surface area contributed by atoms with Gasteiger partial charge in [-0.3, -0.25) is 0 Å². The Balaban J connectivity index is 1.62. The van der Waals surface area contributed by atoms with Crippen molar-refractivity contribution >= 4 is 33.8 Å². The Hall–Kier alpha value is -2.13. The van der Waals surface area contributed by atoms with Crippen LogP contribution in [0.2, 0.25) is 6.32 Å². The molecule has 2 aliphatic rings. The highest BCUT2D eigenvalue weighted by Gasteiger charge is 2.48. The minimum absolute atomic E-state index is 0.0232. The average molecular weight is 470 g/mol. The van der Waals surface area contributed by atoms with Crippen LogP contribution in [0.3, 0.4) is 0 Å². The molecule has 0 aromatic heterocycles. The minimum Gasteiger partial charge on any atom is -0.507 e. The van der Waals surface area contributed by atoms with Crippen LogP contribution in [0.15, 0.2) is 53.1 Å². The smallest absolute Gasteiger partial charge is 0.456 e. The first-order valence-electron chi connectivity index (χ1n) is 11.5. The maximum atomic E-state index is 12.7. The lowest BCUT2D eigenvalue weighted by atomic mass is 9.74. The monoisotopic (exact) mass is 470 g/mol. The van der Waals surface area contributed by atoms with Crippen molar-refractivity contribution in [3.63, 3.8) is 0 Å². The van der Waals surface area contributed by atoms with Crippen molar-refractivity contribution in [1.82, 2.24) is 0 Å². The average Bonchev–Trinajstić information content (AvgIpc) is 3.04. The molecule has 1 saturated heterocycles. The third-order valence-corrected chi connectivity index (χ3v) is 8.62. The molecular weight excluding hydrogens is 439 g/mol. The number of sulfone groups is 1. The lowest BCUT2D eigenvalue weighted by Gasteiger charge is -2.32. The molecule has 6 nitrogen and oxygen atoms in total. The van der Waals surface area contributed by atoms with E-state index < -0.39 is 28.3 Å². The Morgan fingerprint density at radius 2 is 1.97 bits per heavy atom. The maximum absolute atomic E-state index is 12.7. The van der Waals surface area contributed by atoms with Crippen LogP contribution >= 0.6 is 0 Å². The van der Waals surface area contributed by atoms with Gasteiger partial charge in [0.25, 0.3) is 0 Å². The zero-order chi connectivity index (χ0) is 23.6. The van der Waals surface area contributed by atoms with Gasteiger partial charge in [0, 0.05) is 18.8 Å². The maximum Gasteiger partial charge on any atom is 0.456 e. The van der Waals surface area contributed by atoms with Crippen LogP contribution in [0.5, 0.6) is 5.75 Å². The van der Waals surface area contributed by atoms with Gasteiger partial charge in [0.05, 0.1) is 23.7 Å². The second kappa shape index (κ2) is 10.0. The van der Waals surface area contributed by atoms with Crippen molar-refractivity contribution in [3.8, 4) is 5.75 Å². The van der Waals surface area contributed by atoms with Gasteiger partial charge in [-0.05, 0) is 47.4 Å². The number of rotatable bonds is 8. The van der Waals surface area contributed by atoms with E-state index in [1.54, 1.807) is 13.2 Å². The molecule has 2 aliphatic heterocycles. The summed E-state index contributed by atoms with van der Waals surface area (Å²) in [6, 6.07) is 11.4. The van der Waals surface area contributed by atoms with Gasteiger partial charge in [-0.1, -0.05) is 55.3 Å². The highest BCUT2D eigenvalue weighted by atomic mass is 32.2. The lowest BCUT2D eigenvalue weighted by Crippen LogP contribution is -2.42. The van der Waals surface area contributed by atoms with E-state index in [1.165, 1.54) is 5.57 Å². The Morgan fingerprint density at radius 3 is 2.70 bits per heavy atom. The van der Waals surface area contributed by atoms with E-state index in [2.05, 4.69) is 13.0 Å². The lowest BCUT2D eigenvalue weighted by molar-refractivity contribution is 0.166. The number of hydrogen-bond acceptors (Lipinski definition) is 6. The Labute approximate surface area is 196 Å². The molecule has 8 heteroatoms. The number of hydrogen-bond donors (Lipinski definition) is 2. The third kappa shape index (κ3) is 5.04. The van der Waals surface area contributed by atoms with E-state index in [-0.39, 0.29) is 24.4 Å². The fourth-order valence-electron chi connectivity index (χ4n) is 5.14. The molecule has 2 aromatic rings. The first kappa shape index (κ1) is 24.0. The normalized spacial score (nSPS) is 22.8. The van der Waals surface area contributed by atoms with Gasteiger partial charge in [-0.15, -0.1) is 0 Å². The summed E-state index contributed by atoms with van der Waals surface area (Å²) in [6.07, 6.45) is 4.99. The van der Waals surface area contributed by atoms with Crippen molar-refractivity contribution in [2.24, 2.45) is 0 Å². The number of aromatic hydroxyl groups is 1. The molecule has 2 N–H and O–H groups in total. The summed E-state index contributed by atoms with van der Waals surface area (Å²) in [5.41, 5.74) is 3.82.